The predicted molar refractivity (Wildman–Crippen MR) is 122 cm³/mol. The van der Waals surface area contributed by atoms with Gasteiger partial charge in [-0.3, -0.25) is 14.4 Å². The predicted octanol–water partition coefficient (Wildman–Crippen LogP) is 4.83. The second kappa shape index (κ2) is 14.9. The van der Waals surface area contributed by atoms with E-state index in [1.807, 2.05) is 6.92 Å². The first kappa shape index (κ1) is 26.0. The third-order valence-electron chi connectivity index (χ3n) is 5.58. The Morgan fingerprint density at radius 3 is 2.21 bits per heavy atom. The zero-order valence-electron chi connectivity index (χ0n) is 18.9. The molecular weight excluding hydrogens is 384 g/mol. The van der Waals surface area contributed by atoms with Crippen molar-refractivity contribution in [1.29, 1.82) is 0 Å². The summed E-state index contributed by atoms with van der Waals surface area (Å²) in [6.45, 7) is 8.44. The van der Waals surface area contributed by atoms with Gasteiger partial charge in [0.2, 0.25) is 11.8 Å². The highest BCUT2D eigenvalue weighted by Gasteiger charge is 2.32. The van der Waals surface area contributed by atoms with E-state index in [0.717, 1.165) is 38.5 Å². The third-order valence-corrected chi connectivity index (χ3v) is 6.88. The molecule has 0 aromatic heterocycles. The molecule has 1 fully saturated rings. The van der Waals surface area contributed by atoms with Gasteiger partial charge in [0.25, 0.3) is 0 Å². The number of amides is 2. The van der Waals surface area contributed by atoms with Gasteiger partial charge in [-0.15, -0.1) is 0 Å². The van der Waals surface area contributed by atoms with Crippen molar-refractivity contribution in [1.82, 2.24) is 10.6 Å². The molecule has 0 radical (unpaired) electrons. The molecule has 0 spiro atoms. The summed E-state index contributed by atoms with van der Waals surface area (Å²) in [5.41, 5.74) is 0. The van der Waals surface area contributed by atoms with E-state index in [9.17, 15) is 14.4 Å². The first-order chi connectivity index (χ1) is 13.8. The topological polar surface area (TPSA) is 75.3 Å². The van der Waals surface area contributed by atoms with E-state index in [4.69, 9.17) is 0 Å². The summed E-state index contributed by atoms with van der Waals surface area (Å²) in [5, 5.41) is 6.06. The summed E-state index contributed by atoms with van der Waals surface area (Å²) in [7, 11) is 0. The van der Waals surface area contributed by atoms with Crippen LogP contribution in [0.15, 0.2) is 0 Å². The van der Waals surface area contributed by atoms with E-state index in [2.05, 4.69) is 24.5 Å². The van der Waals surface area contributed by atoms with Gasteiger partial charge in [-0.05, 0) is 31.6 Å². The van der Waals surface area contributed by atoms with E-state index in [0.29, 0.717) is 18.9 Å². The fourth-order valence-corrected chi connectivity index (χ4v) is 5.01. The summed E-state index contributed by atoms with van der Waals surface area (Å²) >= 11 is 1.26. The minimum absolute atomic E-state index is 0.0400. The molecule has 0 aromatic rings. The molecule has 1 saturated heterocycles. The second-order valence-corrected chi connectivity index (χ2v) is 10.2. The number of rotatable bonds is 7. The summed E-state index contributed by atoms with van der Waals surface area (Å²) in [5.74, 6) is -0.0514. The second-order valence-electron chi connectivity index (χ2n) is 8.76. The maximum absolute atomic E-state index is 13.2. The van der Waals surface area contributed by atoms with Crippen LogP contribution in [0.1, 0.15) is 98.3 Å². The molecule has 0 aromatic carbocycles. The number of carbonyl (C=O) groups excluding carboxylic acids is 3. The quantitative estimate of drug-likeness (QED) is 0.611. The lowest BCUT2D eigenvalue weighted by Gasteiger charge is -2.28. The van der Waals surface area contributed by atoms with Crippen LogP contribution in [0.2, 0.25) is 0 Å². The van der Waals surface area contributed by atoms with Gasteiger partial charge in [-0.2, -0.15) is 0 Å². The molecule has 168 valence electrons. The Morgan fingerprint density at radius 1 is 1.07 bits per heavy atom. The molecule has 29 heavy (non-hydrogen) atoms. The minimum Gasteiger partial charge on any atom is -0.354 e. The molecule has 1 aliphatic rings. The first-order valence-electron chi connectivity index (χ1n) is 11.6. The Bertz CT molecular complexity index is 510. The normalized spacial score (nSPS) is 21.8. The van der Waals surface area contributed by atoms with Gasteiger partial charge in [0.05, 0.1) is 5.92 Å². The van der Waals surface area contributed by atoms with Gasteiger partial charge in [0.1, 0.15) is 6.04 Å². The van der Waals surface area contributed by atoms with Gasteiger partial charge in [-0.1, -0.05) is 77.5 Å². The summed E-state index contributed by atoms with van der Waals surface area (Å²) in [6, 6.07) is -0.474. The van der Waals surface area contributed by atoms with Crippen molar-refractivity contribution in [2.45, 2.75) is 110 Å². The summed E-state index contributed by atoms with van der Waals surface area (Å²) in [6.07, 6.45) is 11.3. The molecule has 3 unspecified atom stereocenters. The standard InChI is InChI=1S/C23H42N2O3S/c1-5-21(29-18(4)26)19(16-17(2)3)22(27)25-20-14-12-10-8-6-7-9-11-13-15-24-23(20)28/h17,19-21H,5-16H2,1-4H3,(H,24,28)(H,25,27). The van der Waals surface area contributed by atoms with Gasteiger partial charge in [0.15, 0.2) is 5.12 Å². The highest BCUT2D eigenvalue weighted by molar-refractivity contribution is 8.14. The van der Waals surface area contributed by atoms with Gasteiger partial charge < -0.3 is 10.6 Å². The monoisotopic (exact) mass is 426 g/mol. The number of hydrogen-bond donors (Lipinski definition) is 2. The first-order valence-corrected chi connectivity index (χ1v) is 12.5. The van der Waals surface area contributed by atoms with Crippen LogP contribution < -0.4 is 10.6 Å². The molecule has 6 heteroatoms. The molecule has 0 saturated carbocycles. The molecule has 0 bridgehead atoms. The number of nitrogens with one attached hydrogen (secondary N) is 2. The van der Waals surface area contributed by atoms with E-state index in [1.165, 1.54) is 37.4 Å². The van der Waals surface area contributed by atoms with Crippen LogP contribution >= 0.6 is 11.8 Å². The van der Waals surface area contributed by atoms with Crippen molar-refractivity contribution < 1.29 is 14.4 Å². The van der Waals surface area contributed by atoms with E-state index < -0.39 is 6.04 Å². The average molecular weight is 427 g/mol. The molecule has 2 N–H and O–H groups in total. The van der Waals surface area contributed by atoms with Crippen LogP contribution in [0.5, 0.6) is 0 Å². The molecule has 1 aliphatic heterocycles. The van der Waals surface area contributed by atoms with Crippen molar-refractivity contribution in [3.8, 4) is 0 Å². The molecule has 3 atom stereocenters. The van der Waals surface area contributed by atoms with E-state index >= 15 is 0 Å². The maximum atomic E-state index is 13.2. The van der Waals surface area contributed by atoms with Crippen LogP contribution in [-0.4, -0.2) is 34.8 Å². The zero-order chi connectivity index (χ0) is 21.6. The fraction of sp³-hybridized carbons (Fsp3) is 0.870. The van der Waals surface area contributed by atoms with Gasteiger partial charge in [0, 0.05) is 18.7 Å². The van der Waals surface area contributed by atoms with Crippen LogP contribution in [0.3, 0.4) is 0 Å². The van der Waals surface area contributed by atoms with Crippen molar-refractivity contribution in [3.63, 3.8) is 0 Å². The smallest absolute Gasteiger partial charge is 0.242 e. The molecule has 1 rings (SSSR count). The zero-order valence-corrected chi connectivity index (χ0v) is 19.7. The Labute approximate surface area is 181 Å². The van der Waals surface area contributed by atoms with Crippen LogP contribution in [-0.2, 0) is 14.4 Å². The van der Waals surface area contributed by atoms with Crippen molar-refractivity contribution in [2.75, 3.05) is 6.54 Å². The van der Waals surface area contributed by atoms with Crippen molar-refractivity contribution in [2.24, 2.45) is 11.8 Å². The molecule has 2 amide bonds. The maximum Gasteiger partial charge on any atom is 0.242 e. The lowest BCUT2D eigenvalue weighted by Crippen LogP contribution is -2.50. The molecule has 5 nitrogen and oxygen atoms in total. The van der Waals surface area contributed by atoms with E-state index in [1.54, 1.807) is 6.92 Å². The van der Waals surface area contributed by atoms with Crippen molar-refractivity contribution >= 4 is 28.7 Å². The Kier molecular flexibility index (Phi) is 13.3. The Hall–Kier alpha value is -1.04. The number of carbonyl (C=O) groups is 3. The van der Waals surface area contributed by atoms with Crippen LogP contribution in [0, 0.1) is 11.8 Å². The Balaban J connectivity index is 2.84. The number of thioether (sulfide) groups is 1. The van der Waals surface area contributed by atoms with Crippen molar-refractivity contribution in [3.05, 3.63) is 0 Å². The molecule has 1 heterocycles. The summed E-state index contributed by atoms with van der Waals surface area (Å²) in [4.78, 5) is 37.6. The SMILES string of the molecule is CCC(SC(C)=O)C(CC(C)C)C(=O)NC1CCCCCCCCCCNC1=O. The van der Waals surface area contributed by atoms with Gasteiger partial charge in [-0.25, -0.2) is 0 Å². The summed E-state index contributed by atoms with van der Waals surface area (Å²) < 4.78 is 0. The fourth-order valence-electron chi connectivity index (χ4n) is 4.02. The van der Waals surface area contributed by atoms with Gasteiger partial charge >= 0.3 is 0 Å². The average Bonchev–Trinajstić information content (AvgIpc) is 2.68. The van der Waals surface area contributed by atoms with Crippen LogP contribution in [0.25, 0.3) is 0 Å². The third kappa shape index (κ3) is 11.1. The molecule has 0 aliphatic carbocycles. The lowest BCUT2D eigenvalue weighted by molar-refractivity contribution is -0.131. The highest BCUT2D eigenvalue weighted by atomic mass is 32.2. The Morgan fingerprint density at radius 2 is 1.66 bits per heavy atom. The van der Waals surface area contributed by atoms with Crippen LogP contribution in [0.4, 0.5) is 0 Å². The number of hydrogen-bond acceptors (Lipinski definition) is 4. The highest BCUT2D eigenvalue weighted by Crippen LogP contribution is 2.29. The minimum atomic E-state index is -0.474. The van der Waals surface area contributed by atoms with E-state index in [-0.39, 0.29) is 28.1 Å². The lowest BCUT2D eigenvalue weighted by atomic mass is 9.91. The molecular formula is C23H42N2O3S. The largest absolute Gasteiger partial charge is 0.354 e.